The molecule has 1 aromatic carbocycles. The Morgan fingerprint density at radius 3 is 2.44 bits per heavy atom. The molecule has 0 heterocycles. The first-order valence-corrected chi connectivity index (χ1v) is 6.15. The molecule has 1 aliphatic carbocycles. The van der Waals surface area contributed by atoms with Crippen molar-refractivity contribution in [2.75, 3.05) is 0 Å². The molecule has 0 N–H and O–H groups in total. The SMILES string of the molecule is CC(C)(C)c1cc2c(c([N+](=O)[O-])c1)CCCC2=O. The lowest BCUT2D eigenvalue weighted by Gasteiger charge is -2.22. The number of rotatable bonds is 1. The Balaban J connectivity index is 2.70. The number of nitrogens with zero attached hydrogens (tertiary/aromatic N) is 1. The fourth-order valence-electron chi connectivity index (χ4n) is 2.32. The van der Waals surface area contributed by atoms with Crippen LogP contribution in [0.4, 0.5) is 5.69 Å². The molecule has 0 radical (unpaired) electrons. The third kappa shape index (κ3) is 2.15. The number of Topliss-reactive ketones (excluding diaryl/α,β-unsaturated/α-hetero) is 1. The van der Waals surface area contributed by atoms with Gasteiger partial charge >= 0.3 is 0 Å². The van der Waals surface area contributed by atoms with E-state index in [1.54, 1.807) is 6.07 Å². The second-order valence-electron chi connectivity index (χ2n) is 5.81. The van der Waals surface area contributed by atoms with Crippen molar-refractivity contribution in [2.45, 2.75) is 45.4 Å². The van der Waals surface area contributed by atoms with E-state index in [1.165, 1.54) is 0 Å². The van der Waals surface area contributed by atoms with Gasteiger partial charge in [-0.05, 0) is 29.9 Å². The van der Waals surface area contributed by atoms with Crippen molar-refractivity contribution < 1.29 is 9.72 Å². The molecule has 0 bridgehead atoms. The van der Waals surface area contributed by atoms with Crippen LogP contribution in [0.1, 0.15) is 55.1 Å². The maximum absolute atomic E-state index is 11.9. The van der Waals surface area contributed by atoms with Gasteiger partial charge in [0.15, 0.2) is 5.78 Å². The third-order valence-corrected chi connectivity index (χ3v) is 3.42. The minimum absolute atomic E-state index is 0.0328. The molecule has 4 heteroatoms. The van der Waals surface area contributed by atoms with Crippen LogP contribution in [-0.2, 0) is 11.8 Å². The van der Waals surface area contributed by atoms with Crippen molar-refractivity contribution in [3.63, 3.8) is 0 Å². The first kappa shape index (κ1) is 12.7. The van der Waals surface area contributed by atoms with Crippen LogP contribution in [-0.4, -0.2) is 10.7 Å². The van der Waals surface area contributed by atoms with Crippen molar-refractivity contribution in [2.24, 2.45) is 0 Å². The molecule has 1 aliphatic rings. The number of benzene rings is 1. The molecular formula is C14H17NO3. The van der Waals surface area contributed by atoms with Crippen LogP contribution in [0.2, 0.25) is 0 Å². The smallest absolute Gasteiger partial charge is 0.273 e. The lowest BCUT2D eigenvalue weighted by atomic mass is 9.81. The fraction of sp³-hybridized carbons (Fsp3) is 0.500. The van der Waals surface area contributed by atoms with Gasteiger partial charge in [0.25, 0.3) is 5.69 Å². The Bertz CT molecular complexity index is 509. The van der Waals surface area contributed by atoms with Crippen LogP contribution >= 0.6 is 0 Å². The van der Waals surface area contributed by atoms with Crippen LogP contribution in [0, 0.1) is 10.1 Å². The van der Waals surface area contributed by atoms with Gasteiger partial charge in [0.05, 0.1) is 4.92 Å². The van der Waals surface area contributed by atoms with Gasteiger partial charge in [-0.25, -0.2) is 0 Å². The predicted octanol–water partition coefficient (Wildman–Crippen LogP) is 3.41. The maximum Gasteiger partial charge on any atom is 0.273 e. The summed E-state index contributed by atoms with van der Waals surface area (Å²) in [4.78, 5) is 22.7. The quantitative estimate of drug-likeness (QED) is 0.564. The zero-order valence-electron chi connectivity index (χ0n) is 10.9. The standard InChI is InChI=1S/C14H17NO3/c1-14(2,3)9-7-11-10(5-4-6-13(11)16)12(8-9)15(17)18/h7-8H,4-6H2,1-3H3. The molecule has 0 aliphatic heterocycles. The number of ketones is 1. The molecule has 0 atom stereocenters. The van der Waals surface area contributed by atoms with Gasteiger partial charge in [0, 0.05) is 23.6 Å². The normalized spacial score (nSPS) is 15.4. The van der Waals surface area contributed by atoms with E-state index in [9.17, 15) is 14.9 Å². The summed E-state index contributed by atoms with van der Waals surface area (Å²) in [6.07, 6.45) is 1.83. The summed E-state index contributed by atoms with van der Waals surface area (Å²) in [5, 5.41) is 11.2. The molecule has 0 aromatic heterocycles. The zero-order valence-corrected chi connectivity index (χ0v) is 10.9. The molecule has 4 nitrogen and oxygen atoms in total. The van der Waals surface area contributed by atoms with Gasteiger partial charge in [-0.15, -0.1) is 0 Å². The topological polar surface area (TPSA) is 60.2 Å². The average Bonchev–Trinajstić information content (AvgIpc) is 2.27. The largest absolute Gasteiger partial charge is 0.294 e. The van der Waals surface area contributed by atoms with Crippen LogP contribution in [0.3, 0.4) is 0 Å². The number of fused-ring (bicyclic) bond motifs is 1. The van der Waals surface area contributed by atoms with Gasteiger partial charge in [-0.2, -0.15) is 0 Å². The van der Waals surface area contributed by atoms with Gasteiger partial charge in [-0.3, -0.25) is 14.9 Å². The van der Waals surface area contributed by atoms with Crippen molar-refractivity contribution in [1.82, 2.24) is 0 Å². The monoisotopic (exact) mass is 247 g/mol. The van der Waals surface area contributed by atoms with Gasteiger partial charge in [0.2, 0.25) is 0 Å². The number of hydrogen-bond acceptors (Lipinski definition) is 3. The Hall–Kier alpha value is -1.71. The lowest BCUT2D eigenvalue weighted by molar-refractivity contribution is -0.385. The number of carbonyl (C=O) groups is 1. The van der Waals surface area contributed by atoms with E-state index < -0.39 is 0 Å². The molecule has 96 valence electrons. The van der Waals surface area contributed by atoms with Crippen molar-refractivity contribution in [3.05, 3.63) is 38.9 Å². The number of hydrogen-bond donors (Lipinski definition) is 0. The molecule has 0 amide bonds. The highest BCUT2D eigenvalue weighted by Crippen LogP contribution is 2.35. The van der Waals surface area contributed by atoms with Gasteiger partial charge in [0.1, 0.15) is 0 Å². The van der Waals surface area contributed by atoms with Crippen LogP contribution in [0.15, 0.2) is 12.1 Å². The average molecular weight is 247 g/mol. The Kier molecular flexibility index (Phi) is 2.97. The molecule has 2 rings (SSSR count). The number of nitro benzene ring substituents is 1. The summed E-state index contributed by atoms with van der Waals surface area (Å²) < 4.78 is 0. The lowest BCUT2D eigenvalue weighted by Crippen LogP contribution is -2.18. The highest BCUT2D eigenvalue weighted by Gasteiger charge is 2.28. The van der Waals surface area contributed by atoms with E-state index in [4.69, 9.17) is 0 Å². The molecule has 1 aromatic rings. The first-order valence-electron chi connectivity index (χ1n) is 6.15. The second kappa shape index (κ2) is 4.19. The number of nitro groups is 1. The van der Waals surface area contributed by atoms with Crippen molar-refractivity contribution in [1.29, 1.82) is 0 Å². The van der Waals surface area contributed by atoms with Crippen molar-refractivity contribution >= 4 is 11.5 Å². The van der Waals surface area contributed by atoms with E-state index in [1.807, 2.05) is 26.8 Å². The van der Waals surface area contributed by atoms with E-state index >= 15 is 0 Å². The van der Waals surface area contributed by atoms with E-state index in [2.05, 4.69) is 0 Å². The fourth-order valence-corrected chi connectivity index (χ4v) is 2.32. The first-order chi connectivity index (χ1) is 8.30. The summed E-state index contributed by atoms with van der Waals surface area (Å²) in [6, 6.07) is 3.46. The Morgan fingerprint density at radius 2 is 1.89 bits per heavy atom. The highest BCUT2D eigenvalue weighted by atomic mass is 16.6. The van der Waals surface area contributed by atoms with Crippen LogP contribution in [0.25, 0.3) is 0 Å². The maximum atomic E-state index is 11.9. The molecule has 0 saturated carbocycles. The minimum Gasteiger partial charge on any atom is -0.294 e. The predicted molar refractivity (Wildman–Crippen MR) is 69.1 cm³/mol. The minimum atomic E-state index is -0.368. The summed E-state index contributed by atoms with van der Waals surface area (Å²) in [5.74, 6) is 0.0328. The summed E-state index contributed by atoms with van der Waals surface area (Å²) in [6.45, 7) is 5.98. The molecule has 18 heavy (non-hydrogen) atoms. The molecule has 0 spiro atoms. The summed E-state index contributed by atoms with van der Waals surface area (Å²) in [7, 11) is 0. The molecule has 0 unspecified atom stereocenters. The van der Waals surface area contributed by atoms with Crippen LogP contribution in [0.5, 0.6) is 0 Å². The molecule has 0 saturated heterocycles. The van der Waals surface area contributed by atoms with Crippen molar-refractivity contribution in [3.8, 4) is 0 Å². The summed E-state index contributed by atoms with van der Waals surface area (Å²) in [5.41, 5.74) is 1.93. The van der Waals surface area contributed by atoms with E-state index in [-0.39, 0.29) is 21.8 Å². The summed E-state index contributed by atoms with van der Waals surface area (Å²) >= 11 is 0. The Labute approximate surface area is 106 Å². The molecular weight excluding hydrogens is 230 g/mol. The van der Waals surface area contributed by atoms with Gasteiger partial charge < -0.3 is 0 Å². The third-order valence-electron chi connectivity index (χ3n) is 3.42. The van der Waals surface area contributed by atoms with E-state index in [0.29, 0.717) is 30.4 Å². The second-order valence-corrected chi connectivity index (χ2v) is 5.81. The van der Waals surface area contributed by atoms with Gasteiger partial charge in [-0.1, -0.05) is 20.8 Å². The van der Waals surface area contributed by atoms with E-state index in [0.717, 1.165) is 5.56 Å². The highest BCUT2D eigenvalue weighted by molar-refractivity contribution is 5.99. The van der Waals surface area contributed by atoms with Crippen LogP contribution < -0.4 is 0 Å². The number of carbonyl (C=O) groups excluding carboxylic acids is 1. The molecule has 0 fully saturated rings. The zero-order chi connectivity index (χ0) is 13.5. The Morgan fingerprint density at radius 1 is 1.22 bits per heavy atom.